The normalized spacial score (nSPS) is 18.7. The molecule has 1 saturated heterocycles. The molecule has 5 rings (SSSR count). The Morgan fingerprint density at radius 2 is 1.84 bits per heavy atom. The molecule has 190 valence electrons. The summed E-state index contributed by atoms with van der Waals surface area (Å²) in [6, 6.07) is 22.0. The lowest BCUT2D eigenvalue weighted by molar-refractivity contribution is -0.114. The number of hydrogen-bond acceptors (Lipinski definition) is 5. The van der Waals surface area contributed by atoms with Gasteiger partial charge in [-0.15, -0.1) is 0 Å². The van der Waals surface area contributed by atoms with E-state index in [2.05, 4.69) is 43.0 Å². The molecule has 0 aromatic heterocycles. The molecule has 0 spiro atoms. The lowest BCUT2D eigenvalue weighted by atomic mass is 10.1. The Hall–Kier alpha value is -3.71. The summed E-state index contributed by atoms with van der Waals surface area (Å²) in [5.41, 5.74) is 4.69. The first-order valence-corrected chi connectivity index (χ1v) is 13.2. The number of ether oxygens (including phenoxy) is 1. The van der Waals surface area contributed by atoms with E-state index in [4.69, 9.17) is 4.74 Å². The van der Waals surface area contributed by atoms with Crippen LogP contribution in [0.25, 0.3) is 6.08 Å². The minimum absolute atomic E-state index is 0.00164. The predicted octanol–water partition coefficient (Wildman–Crippen LogP) is 5.46. The number of anilines is 2. The van der Waals surface area contributed by atoms with Crippen LogP contribution in [0.1, 0.15) is 28.4 Å². The first-order chi connectivity index (χ1) is 17.8. The van der Waals surface area contributed by atoms with Crippen LogP contribution in [0.3, 0.4) is 0 Å². The van der Waals surface area contributed by atoms with Crippen molar-refractivity contribution in [3.63, 3.8) is 0 Å². The topological polar surface area (TPSA) is 53.1 Å². The summed E-state index contributed by atoms with van der Waals surface area (Å²) >= 11 is 1.43. The average molecular weight is 514 g/mol. The Morgan fingerprint density at radius 3 is 2.57 bits per heavy atom. The first kappa shape index (κ1) is 25.0. The van der Waals surface area contributed by atoms with Gasteiger partial charge in [0.1, 0.15) is 5.75 Å². The summed E-state index contributed by atoms with van der Waals surface area (Å²) in [6.45, 7) is 6.34. The van der Waals surface area contributed by atoms with Gasteiger partial charge in [0.05, 0.1) is 17.7 Å². The van der Waals surface area contributed by atoms with Crippen LogP contribution in [0.5, 0.6) is 5.75 Å². The second kappa shape index (κ2) is 10.3. The zero-order chi connectivity index (χ0) is 26.1. The molecule has 0 radical (unpaired) electrons. The Morgan fingerprint density at radius 1 is 1.05 bits per heavy atom. The van der Waals surface area contributed by atoms with Gasteiger partial charge in [-0.25, -0.2) is 0 Å². The summed E-state index contributed by atoms with van der Waals surface area (Å²) in [5.74, 6) is 0.653. The van der Waals surface area contributed by atoms with Crippen molar-refractivity contribution in [2.75, 3.05) is 43.6 Å². The van der Waals surface area contributed by atoms with Crippen LogP contribution in [-0.4, -0.2) is 56.5 Å². The standard InChI is InChI=1S/C30H31N3O3S/c1-20-8-11-24(12-9-20)33-15-14-32(19-21(33)2)29(34)23-10-13-27-26(18-23)31(3)30(35)28(37-27)17-22-6-5-7-25(16-22)36-4/h5-13,16-18,21H,14-15,19H2,1-4H3/b28-17-. The predicted molar refractivity (Wildman–Crippen MR) is 151 cm³/mol. The highest BCUT2D eigenvalue weighted by atomic mass is 32.2. The van der Waals surface area contributed by atoms with Crippen LogP contribution in [0.4, 0.5) is 11.4 Å². The lowest BCUT2D eigenvalue weighted by Gasteiger charge is -2.41. The summed E-state index contributed by atoms with van der Waals surface area (Å²) in [7, 11) is 3.39. The van der Waals surface area contributed by atoms with Crippen molar-refractivity contribution in [1.29, 1.82) is 0 Å². The molecule has 2 aliphatic heterocycles. The van der Waals surface area contributed by atoms with Crippen molar-refractivity contribution in [2.45, 2.75) is 24.8 Å². The number of aryl methyl sites for hydroxylation is 1. The number of hydrogen-bond donors (Lipinski definition) is 0. The van der Waals surface area contributed by atoms with Crippen LogP contribution in [0, 0.1) is 6.92 Å². The molecule has 0 saturated carbocycles. The van der Waals surface area contributed by atoms with Crippen LogP contribution < -0.4 is 14.5 Å². The van der Waals surface area contributed by atoms with E-state index in [9.17, 15) is 9.59 Å². The van der Waals surface area contributed by atoms with Crippen LogP contribution in [0.15, 0.2) is 76.5 Å². The summed E-state index contributed by atoms with van der Waals surface area (Å²) < 4.78 is 5.30. The Balaban J connectivity index is 1.32. The zero-order valence-corrected chi connectivity index (χ0v) is 22.4. The molecule has 2 heterocycles. The molecule has 37 heavy (non-hydrogen) atoms. The number of thioether (sulfide) groups is 1. The number of benzene rings is 3. The number of carbonyl (C=O) groups is 2. The highest BCUT2D eigenvalue weighted by molar-refractivity contribution is 8.04. The first-order valence-electron chi connectivity index (χ1n) is 12.4. The second-order valence-corrected chi connectivity index (χ2v) is 10.6. The quantitative estimate of drug-likeness (QED) is 0.434. The largest absolute Gasteiger partial charge is 0.497 e. The van der Waals surface area contributed by atoms with Gasteiger partial charge in [0.15, 0.2) is 0 Å². The molecule has 1 unspecified atom stereocenters. The third-order valence-corrected chi connectivity index (χ3v) is 8.05. The van der Waals surface area contributed by atoms with Crippen LogP contribution >= 0.6 is 11.8 Å². The van der Waals surface area contributed by atoms with Gasteiger partial charge in [0.2, 0.25) is 0 Å². The second-order valence-electron chi connectivity index (χ2n) is 9.56. The number of piperazine rings is 1. The molecule has 3 aromatic carbocycles. The Labute approximate surface area is 222 Å². The summed E-state index contributed by atoms with van der Waals surface area (Å²) in [5, 5.41) is 0. The van der Waals surface area contributed by atoms with Gasteiger partial charge in [0.25, 0.3) is 11.8 Å². The molecule has 0 aliphatic carbocycles. The van der Waals surface area contributed by atoms with Crippen molar-refractivity contribution in [3.05, 3.63) is 88.3 Å². The number of carbonyl (C=O) groups excluding carboxylic acids is 2. The number of nitrogens with zero attached hydrogens (tertiary/aromatic N) is 3. The van der Waals surface area contributed by atoms with Crippen molar-refractivity contribution in [1.82, 2.24) is 4.90 Å². The number of amides is 2. The maximum atomic E-state index is 13.4. The minimum atomic E-state index is -0.0924. The highest BCUT2D eigenvalue weighted by Gasteiger charge is 2.30. The molecule has 6 nitrogen and oxygen atoms in total. The van der Waals surface area contributed by atoms with Gasteiger partial charge < -0.3 is 19.4 Å². The Bertz CT molecular complexity index is 1370. The molecule has 2 aliphatic rings. The van der Waals surface area contributed by atoms with Gasteiger partial charge in [-0.1, -0.05) is 41.6 Å². The number of fused-ring (bicyclic) bond motifs is 1. The fourth-order valence-electron chi connectivity index (χ4n) is 4.85. The number of likely N-dealkylation sites (N-methyl/N-ethyl adjacent to an activating group) is 1. The van der Waals surface area contributed by atoms with Crippen molar-refractivity contribution >= 4 is 41.0 Å². The van der Waals surface area contributed by atoms with Gasteiger partial charge in [-0.3, -0.25) is 9.59 Å². The number of methoxy groups -OCH3 is 1. The fraction of sp³-hybridized carbons (Fsp3) is 0.267. The average Bonchev–Trinajstić information content (AvgIpc) is 2.91. The van der Waals surface area contributed by atoms with Crippen LogP contribution in [0.2, 0.25) is 0 Å². The van der Waals surface area contributed by atoms with E-state index in [1.54, 1.807) is 19.1 Å². The van der Waals surface area contributed by atoms with E-state index in [1.807, 2.05) is 53.4 Å². The smallest absolute Gasteiger partial charge is 0.264 e. The molecule has 2 amide bonds. The zero-order valence-electron chi connectivity index (χ0n) is 21.6. The maximum Gasteiger partial charge on any atom is 0.264 e. The van der Waals surface area contributed by atoms with E-state index in [1.165, 1.54) is 23.0 Å². The van der Waals surface area contributed by atoms with E-state index in [0.29, 0.717) is 23.6 Å². The monoisotopic (exact) mass is 513 g/mol. The molecule has 0 N–H and O–H groups in total. The number of rotatable bonds is 4. The SMILES string of the molecule is COc1cccc(/C=C2\Sc3ccc(C(=O)N4CCN(c5ccc(C)cc5)C(C)C4)cc3N(C)C2=O)c1. The molecular weight excluding hydrogens is 482 g/mol. The lowest BCUT2D eigenvalue weighted by Crippen LogP contribution is -2.53. The highest BCUT2D eigenvalue weighted by Crippen LogP contribution is 2.42. The van der Waals surface area contributed by atoms with E-state index in [-0.39, 0.29) is 17.9 Å². The van der Waals surface area contributed by atoms with Crippen molar-refractivity contribution in [3.8, 4) is 5.75 Å². The molecule has 7 heteroatoms. The molecule has 0 bridgehead atoms. The van der Waals surface area contributed by atoms with E-state index >= 15 is 0 Å². The molecule has 1 fully saturated rings. The minimum Gasteiger partial charge on any atom is -0.497 e. The van der Waals surface area contributed by atoms with Gasteiger partial charge in [-0.05, 0) is 68.0 Å². The summed E-state index contributed by atoms with van der Waals surface area (Å²) in [4.78, 5) is 34.1. The summed E-state index contributed by atoms with van der Waals surface area (Å²) in [6.07, 6.45) is 1.88. The van der Waals surface area contributed by atoms with Crippen LogP contribution in [-0.2, 0) is 4.79 Å². The molecule has 1 atom stereocenters. The van der Waals surface area contributed by atoms with Gasteiger partial charge in [-0.2, -0.15) is 0 Å². The van der Waals surface area contributed by atoms with Gasteiger partial charge >= 0.3 is 0 Å². The Kier molecular flexibility index (Phi) is 6.98. The fourth-order valence-corrected chi connectivity index (χ4v) is 5.95. The van der Waals surface area contributed by atoms with E-state index < -0.39 is 0 Å². The molecular formula is C30H31N3O3S. The van der Waals surface area contributed by atoms with Crippen molar-refractivity contribution < 1.29 is 14.3 Å². The third-order valence-electron chi connectivity index (χ3n) is 6.97. The van der Waals surface area contributed by atoms with Gasteiger partial charge in [0, 0.05) is 48.9 Å². The van der Waals surface area contributed by atoms with E-state index in [0.717, 1.165) is 28.4 Å². The molecule has 3 aromatic rings. The van der Waals surface area contributed by atoms with Crippen molar-refractivity contribution in [2.24, 2.45) is 0 Å². The maximum absolute atomic E-state index is 13.4. The third kappa shape index (κ3) is 5.09.